The number of hydrogen-bond donors (Lipinski definition) is 1. The first-order valence-electron chi connectivity index (χ1n) is 5.17. The molecule has 0 saturated carbocycles. The molecule has 1 heterocycles. The summed E-state index contributed by atoms with van der Waals surface area (Å²) in [5, 5.41) is 8.59. The van der Waals surface area contributed by atoms with Crippen molar-refractivity contribution in [3.8, 4) is 5.75 Å². The molecule has 0 amide bonds. The second-order valence-corrected chi connectivity index (χ2v) is 4.46. The number of hydrogen-bond acceptors (Lipinski definition) is 4. The van der Waals surface area contributed by atoms with Crippen molar-refractivity contribution < 1.29 is 19.1 Å². The molecule has 1 N–H and O–H groups in total. The van der Waals surface area contributed by atoms with Gasteiger partial charge in [0, 0.05) is 4.47 Å². The lowest BCUT2D eigenvalue weighted by Crippen LogP contribution is -2.01. The summed E-state index contributed by atoms with van der Waals surface area (Å²) in [4.78, 5) is 14.5. The number of aromatic nitrogens is 1. The summed E-state index contributed by atoms with van der Waals surface area (Å²) in [5.41, 5.74) is 0.386. The molecule has 94 valence electrons. The van der Waals surface area contributed by atoms with Crippen molar-refractivity contribution in [2.45, 2.75) is 13.0 Å². The van der Waals surface area contributed by atoms with E-state index in [1.807, 2.05) is 24.3 Å². The first kappa shape index (κ1) is 12.6. The number of oxazole rings is 1. The van der Waals surface area contributed by atoms with E-state index in [2.05, 4.69) is 20.9 Å². The molecule has 0 aliphatic heterocycles. The Kier molecular flexibility index (Phi) is 3.99. The predicted octanol–water partition coefficient (Wildman–Crippen LogP) is 2.64. The van der Waals surface area contributed by atoms with E-state index in [9.17, 15) is 4.79 Å². The van der Waals surface area contributed by atoms with Gasteiger partial charge in [0.25, 0.3) is 0 Å². The lowest BCUT2D eigenvalue weighted by Gasteiger charge is -2.02. The van der Waals surface area contributed by atoms with Crippen molar-refractivity contribution in [3.05, 3.63) is 46.6 Å². The number of halogens is 1. The molecule has 6 heteroatoms. The molecule has 0 fully saturated rings. The van der Waals surface area contributed by atoms with Gasteiger partial charge in [0.15, 0.2) is 6.61 Å². The molecular weight excluding hydrogens is 302 g/mol. The fourth-order valence-corrected chi connectivity index (χ4v) is 1.59. The van der Waals surface area contributed by atoms with Crippen LogP contribution in [0.5, 0.6) is 5.75 Å². The summed E-state index contributed by atoms with van der Waals surface area (Å²) in [6.07, 6.45) is 1.18. The fourth-order valence-electron chi connectivity index (χ4n) is 1.33. The summed E-state index contributed by atoms with van der Waals surface area (Å²) >= 11 is 3.33. The Morgan fingerprint density at radius 2 is 2.11 bits per heavy atom. The van der Waals surface area contributed by atoms with Crippen molar-refractivity contribution in [2.75, 3.05) is 0 Å². The number of carboxylic acids is 1. The quantitative estimate of drug-likeness (QED) is 0.919. The molecule has 0 atom stereocenters. The third-order valence-corrected chi connectivity index (χ3v) is 2.64. The number of carbonyl (C=O) groups is 1. The Labute approximate surface area is 112 Å². The highest BCUT2D eigenvalue weighted by Gasteiger charge is 2.08. The largest absolute Gasteiger partial charge is 0.484 e. The Morgan fingerprint density at radius 1 is 1.39 bits per heavy atom. The summed E-state index contributed by atoms with van der Waals surface area (Å²) in [5.74, 6) is 0.106. The van der Waals surface area contributed by atoms with E-state index in [0.717, 1.165) is 4.47 Å². The van der Waals surface area contributed by atoms with Gasteiger partial charge in [-0.05, 0) is 24.3 Å². The van der Waals surface area contributed by atoms with E-state index in [0.29, 0.717) is 17.3 Å². The maximum atomic E-state index is 10.5. The number of rotatable bonds is 5. The number of carboxylic acid groups (broad SMARTS) is 1. The van der Waals surface area contributed by atoms with Crippen molar-refractivity contribution in [3.63, 3.8) is 0 Å². The second kappa shape index (κ2) is 5.68. The van der Waals surface area contributed by atoms with Crippen LogP contribution in [-0.4, -0.2) is 16.1 Å². The topological polar surface area (TPSA) is 72.6 Å². The van der Waals surface area contributed by atoms with E-state index in [1.54, 1.807) is 0 Å². The Bertz CT molecular complexity index is 535. The van der Waals surface area contributed by atoms with Crippen molar-refractivity contribution >= 4 is 21.9 Å². The average Bonchev–Trinajstić information content (AvgIpc) is 2.75. The summed E-state index contributed by atoms with van der Waals surface area (Å²) < 4.78 is 11.5. The Hall–Kier alpha value is -1.82. The standard InChI is InChI=1S/C12H10BrNO4/c13-8-1-3-10(4-2-8)17-7-11-14-9(6-18-11)5-12(15)16/h1-4,6H,5,7H2,(H,15,16). The highest BCUT2D eigenvalue weighted by Crippen LogP contribution is 2.17. The number of benzene rings is 1. The average molecular weight is 312 g/mol. The number of ether oxygens (including phenoxy) is 1. The Morgan fingerprint density at radius 3 is 2.78 bits per heavy atom. The molecule has 0 aliphatic rings. The first-order chi connectivity index (χ1) is 8.63. The number of nitrogens with zero attached hydrogens (tertiary/aromatic N) is 1. The molecule has 0 radical (unpaired) electrons. The lowest BCUT2D eigenvalue weighted by molar-refractivity contribution is -0.136. The van der Waals surface area contributed by atoms with E-state index in [4.69, 9.17) is 14.3 Å². The molecular formula is C12H10BrNO4. The van der Waals surface area contributed by atoms with Gasteiger partial charge in [-0.1, -0.05) is 15.9 Å². The molecule has 1 aromatic heterocycles. The third kappa shape index (κ3) is 3.59. The molecule has 5 nitrogen and oxygen atoms in total. The lowest BCUT2D eigenvalue weighted by atomic mass is 10.3. The van der Waals surface area contributed by atoms with Crippen LogP contribution in [0.3, 0.4) is 0 Å². The normalized spacial score (nSPS) is 10.3. The highest BCUT2D eigenvalue weighted by atomic mass is 79.9. The van der Waals surface area contributed by atoms with Gasteiger partial charge < -0.3 is 14.3 Å². The van der Waals surface area contributed by atoms with Crippen molar-refractivity contribution in [1.29, 1.82) is 0 Å². The third-order valence-electron chi connectivity index (χ3n) is 2.11. The van der Waals surface area contributed by atoms with E-state index >= 15 is 0 Å². The van der Waals surface area contributed by atoms with Gasteiger partial charge in [0.2, 0.25) is 5.89 Å². The van der Waals surface area contributed by atoms with Crippen LogP contribution in [0.1, 0.15) is 11.6 Å². The summed E-state index contributed by atoms with van der Waals surface area (Å²) in [6, 6.07) is 7.35. The zero-order valence-electron chi connectivity index (χ0n) is 9.30. The van der Waals surface area contributed by atoms with Crippen LogP contribution in [0.2, 0.25) is 0 Å². The van der Waals surface area contributed by atoms with Gasteiger partial charge in [-0.25, -0.2) is 4.98 Å². The van der Waals surface area contributed by atoms with Crippen LogP contribution in [-0.2, 0) is 17.8 Å². The molecule has 1 aromatic carbocycles. The fraction of sp³-hybridized carbons (Fsp3) is 0.167. The van der Waals surface area contributed by atoms with Gasteiger partial charge in [-0.15, -0.1) is 0 Å². The van der Waals surface area contributed by atoms with Crippen LogP contribution in [0.15, 0.2) is 39.4 Å². The van der Waals surface area contributed by atoms with Crippen LogP contribution >= 0.6 is 15.9 Å². The van der Waals surface area contributed by atoms with Gasteiger partial charge in [-0.3, -0.25) is 4.79 Å². The van der Waals surface area contributed by atoms with Crippen molar-refractivity contribution in [1.82, 2.24) is 4.98 Å². The second-order valence-electron chi connectivity index (χ2n) is 3.55. The minimum atomic E-state index is -0.941. The van der Waals surface area contributed by atoms with Gasteiger partial charge in [-0.2, -0.15) is 0 Å². The summed E-state index contributed by atoms with van der Waals surface area (Å²) in [7, 11) is 0. The van der Waals surface area contributed by atoms with Crippen LogP contribution < -0.4 is 4.74 Å². The van der Waals surface area contributed by atoms with Gasteiger partial charge in [0.1, 0.15) is 12.0 Å². The molecule has 2 aromatic rings. The first-order valence-corrected chi connectivity index (χ1v) is 5.96. The van der Waals surface area contributed by atoms with Crippen LogP contribution in [0.25, 0.3) is 0 Å². The minimum absolute atomic E-state index is 0.151. The van der Waals surface area contributed by atoms with E-state index in [1.165, 1.54) is 6.26 Å². The zero-order chi connectivity index (χ0) is 13.0. The molecule has 0 aliphatic carbocycles. The van der Waals surface area contributed by atoms with Crippen LogP contribution in [0.4, 0.5) is 0 Å². The molecule has 0 saturated heterocycles. The predicted molar refractivity (Wildman–Crippen MR) is 66.3 cm³/mol. The summed E-state index contributed by atoms with van der Waals surface area (Å²) in [6.45, 7) is 0.168. The molecule has 0 spiro atoms. The minimum Gasteiger partial charge on any atom is -0.484 e. The zero-order valence-corrected chi connectivity index (χ0v) is 10.9. The smallest absolute Gasteiger partial charge is 0.309 e. The van der Waals surface area contributed by atoms with E-state index < -0.39 is 5.97 Å². The molecule has 2 rings (SSSR count). The Balaban J connectivity index is 1.92. The molecule has 0 unspecified atom stereocenters. The number of aliphatic carboxylic acids is 1. The van der Waals surface area contributed by atoms with Crippen LogP contribution in [0, 0.1) is 0 Å². The highest BCUT2D eigenvalue weighted by molar-refractivity contribution is 9.10. The van der Waals surface area contributed by atoms with E-state index in [-0.39, 0.29) is 13.0 Å². The maximum Gasteiger partial charge on any atom is 0.309 e. The molecule has 18 heavy (non-hydrogen) atoms. The van der Waals surface area contributed by atoms with Gasteiger partial charge in [0.05, 0.1) is 12.1 Å². The van der Waals surface area contributed by atoms with Crippen molar-refractivity contribution in [2.24, 2.45) is 0 Å². The molecule has 0 bridgehead atoms. The van der Waals surface area contributed by atoms with Gasteiger partial charge >= 0.3 is 5.97 Å². The monoisotopic (exact) mass is 311 g/mol. The maximum absolute atomic E-state index is 10.5. The SMILES string of the molecule is O=C(O)Cc1coc(COc2ccc(Br)cc2)n1.